The summed E-state index contributed by atoms with van der Waals surface area (Å²) in [5, 5.41) is 10.8. The molecule has 0 saturated heterocycles. The molecule has 1 rings (SSSR count). The van der Waals surface area contributed by atoms with E-state index in [1.54, 1.807) is 0 Å². The summed E-state index contributed by atoms with van der Waals surface area (Å²) in [5.41, 5.74) is -1.61. The minimum absolute atomic E-state index is 0.404. The molecule has 0 radical (unpaired) electrons. The molecule has 0 atom stereocenters. The van der Waals surface area contributed by atoms with Gasteiger partial charge in [0.1, 0.15) is 0 Å². The Kier molecular flexibility index (Phi) is 3.74. The van der Waals surface area contributed by atoms with Gasteiger partial charge in [0.15, 0.2) is 4.90 Å². The summed E-state index contributed by atoms with van der Waals surface area (Å²) in [7, 11) is -4.04. The first-order valence-corrected chi connectivity index (χ1v) is 6.43. The smallest absolute Gasteiger partial charge is 0.258 e. The minimum Gasteiger partial charge on any atom is -0.258 e. The molecule has 0 saturated carbocycles. The first-order valence-electron chi connectivity index (χ1n) is 4.95. The highest BCUT2D eigenvalue weighted by Gasteiger charge is 2.29. The number of benzene rings is 1. The van der Waals surface area contributed by atoms with Crippen LogP contribution in [0.1, 0.15) is 13.8 Å². The molecule has 0 aliphatic carbocycles. The number of terminal acetylenes is 1. The van der Waals surface area contributed by atoms with Gasteiger partial charge < -0.3 is 0 Å². The zero-order valence-corrected chi connectivity index (χ0v) is 10.7. The van der Waals surface area contributed by atoms with Crippen LogP contribution in [0.15, 0.2) is 29.2 Å². The van der Waals surface area contributed by atoms with Crippen molar-refractivity contribution in [1.82, 2.24) is 4.72 Å². The summed E-state index contributed by atoms with van der Waals surface area (Å²) >= 11 is 0. The molecule has 1 aromatic carbocycles. The monoisotopic (exact) mass is 268 g/mol. The van der Waals surface area contributed by atoms with Crippen LogP contribution in [0.2, 0.25) is 0 Å². The second-order valence-corrected chi connectivity index (χ2v) is 5.75. The molecule has 1 N–H and O–H groups in total. The summed E-state index contributed by atoms with van der Waals surface area (Å²) in [5.74, 6) is 2.26. The van der Waals surface area contributed by atoms with Crippen LogP contribution < -0.4 is 4.72 Å². The van der Waals surface area contributed by atoms with Crippen LogP contribution in [-0.4, -0.2) is 18.9 Å². The van der Waals surface area contributed by atoms with Crippen molar-refractivity contribution in [2.75, 3.05) is 0 Å². The highest BCUT2D eigenvalue weighted by atomic mass is 32.2. The summed E-state index contributed by atoms with van der Waals surface area (Å²) in [4.78, 5) is 9.62. The number of hydrogen-bond donors (Lipinski definition) is 1. The van der Waals surface area contributed by atoms with E-state index in [4.69, 9.17) is 6.42 Å². The van der Waals surface area contributed by atoms with E-state index in [1.165, 1.54) is 26.0 Å². The van der Waals surface area contributed by atoms with Crippen LogP contribution in [0.5, 0.6) is 0 Å². The van der Waals surface area contributed by atoms with Gasteiger partial charge in [-0.3, -0.25) is 10.1 Å². The Bertz CT molecular complexity index is 614. The molecule has 18 heavy (non-hydrogen) atoms. The van der Waals surface area contributed by atoms with Crippen molar-refractivity contribution in [1.29, 1.82) is 0 Å². The van der Waals surface area contributed by atoms with Crippen molar-refractivity contribution in [3.63, 3.8) is 0 Å². The Morgan fingerprint density at radius 1 is 1.39 bits per heavy atom. The van der Waals surface area contributed by atoms with Crippen LogP contribution >= 0.6 is 0 Å². The number of sulfonamides is 1. The highest BCUT2D eigenvalue weighted by Crippen LogP contribution is 2.23. The lowest BCUT2D eigenvalue weighted by Crippen LogP contribution is -2.42. The Balaban J connectivity index is 3.31. The molecular weight excluding hydrogens is 256 g/mol. The van der Waals surface area contributed by atoms with Crippen molar-refractivity contribution in [2.45, 2.75) is 24.3 Å². The van der Waals surface area contributed by atoms with E-state index in [0.717, 1.165) is 12.1 Å². The largest absolute Gasteiger partial charge is 0.289 e. The molecule has 1 aromatic rings. The van der Waals surface area contributed by atoms with Crippen LogP contribution in [0.3, 0.4) is 0 Å². The fraction of sp³-hybridized carbons (Fsp3) is 0.273. The number of nitrogens with one attached hydrogen (secondary N) is 1. The van der Waals surface area contributed by atoms with E-state index in [9.17, 15) is 18.5 Å². The first kappa shape index (κ1) is 14.2. The van der Waals surface area contributed by atoms with Gasteiger partial charge in [-0.1, -0.05) is 18.1 Å². The average Bonchev–Trinajstić information content (AvgIpc) is 2.28. The van der Waals surface area contributed by atoms with E-state index >= 15 is 0 Å². The zero-order valence-electron chi connectivity index (χ0n) is 9.88. The topological polar surface area (TPSA) is 89.3 Å². The maximum Gasteiger partial charge on any atom is 0.289 e. The summed E-state index contributed by atoms with van der Waals surface area (Å²) in [6.45, 7) is 2.97. The molecule has 7 heteroatoms. The predicted octanol–water partition coefficient (Wildman–Crippen LogP) is 1.28. The molecule has 0 unspecified atom stereocenters. The number of nitro benzene ring substituents is 1. The van der Waals surface area contributed by atoms with Gasteiger partial charge in [-0.25, -0.2) is 8.42 Å². The van der Waals surface area contributed by atoms with E-state index in [0.29, 0.717) is 0 Å². The highest BCUT2D eigenvalue weighted by molar-refractivity contribution is 7.89. The molecule has 0 fully saturated rings. The van der Waals surface area contributed by atoms with Crippen molar-refractivity contribution < 1.29 is 13.3 Å². The third kappa shape index (κ3) is 3.06. The Morgan fingerprint density at radius 2 is 1.94 bits per heavy atom. The molecule has 0 aliphatic rings. The first-order chi connectivity index (χ1) is 8.19. The summed E-state index contributed by atoms with van der Waals surface area (Å²) in [6, 6.07) is 5.08. The SMILES string of the molecule is C#CC(C)(C)NS(=O)(=O)c1ccccc1[N+](=O)[O-]. The van der Waals surface area contributed by atoms with E-state index in [2.05, 4.69) is 10.6 Å². The molecule has 0 aliphatic heterocycles. The van der Waals surface area contributed by atoms with Crippen LogP contribution in [0.4, 0.5) is 5.69 Å². The number of hydrogen-bond acceptors (Lipinski definition) is 4. The van der Waals surface area contributed by atoms with Crippen LogP contribution in [-0.2, 0) is 10.0 Å². The summed E-state index contributed by atoms with van der Waals surface area (Å²) < 4.78 is 26.3. The van der Waals surface area contributed by atoms with Gasteiger partial charge in [0.2, 0.25) is 10.0 Å². The van der Waals surface area contributed by atoms with Gasteiger partial charge >= 0.3 is 0 Å². The van der Waals surface area contributed by atoms with Crippen molar-refractivity contribution in [3.8, 4) is 12.3 Å². The fourth-order valence-electron chi connectivity index (χ4n) is 1.26. The molecular formula is C11H12N2O4S. The Morgan fingerprint density at radius 3 is 2.44 bits per heavy atom. The predicted molar refractivity (Wildman–Crippen MR) is 66.3 cm³/mol. The lowest BCUT2D eigenvalue weighted by molar-refractivity contribution is -0.387. The summed E-state index contributed by atoms with van der Waals surface area (Å²) in [6.07, 6.45) is 5.18. The van der Waals surface area contributed by atoms with Gasteiger partial charge in [-0.05, 0) is 19.9 Å². The van der Waals surface area contributed by atoms with Gasteiger partial charge in [0.05, 0.1) is 10.5 Å². The van der Waals surface area contributed by atoms with E-state index in [-0.39, 0.29) is 0 Å². The van der Waals surface area contributed by atoms with Gasteiger partial charge in [0, 0.05) is 6.07 Å². The second-order valence-electron chi connectivity index (χ2n) is 4.10. The van der Waals surface area contributed by atoms with E-state index < -0.39 is 31.1 Å². The molecule has 0 amide bonds. The number of nitro groups is 1. The molecule has 6 nitrogen and oxygen atoms in total. The third-order valence-electron chi connectivity index (χ3n) is 2.10. The fourth-order valence-corrected chi connectivity index (χ4v) is 2.77. The van der Waals surface area contributed by atoms with Crippen molar-refractivity contribution in [2.24, 2.45) is 0 Å². The third-order valence-corrected chi connectivity index (χ3v) is 3.81. The van der Waals surface area contributed by atoms with Crippen molar-refractivity contribution in [3.05, 3.63) is 34.4 Å². The number of para-hydroxylation sites is 1. The van der Waals surface area contributed by atoms with Gasteiger partial charge in [0.25, 0.3) is 5.69 Å². The number of nitrogens with zero attached hydrogens (tertiary/aromatic N) is 1. The van der Waals surface area contributed by atoms with Crippen LogP contribution in [0, 0.1) is 22.5 Å². The zero-order chi connectivity index (χ0) is 14.0. The molecule has 0 aromatic heterocycles. The van der Waals surface area contributed by atoms with Gasteiger partial charge in [-0.2, -0.15) is 4.72 Å². The maximum atomic E-state index is 12.0. The lowest BCUT2D eigenvalue weighted by Gasteiger charge is -2.19. The average molecular weight is 268 g/mol. The molecule has 0 heterocycles. The molecule has 96 valence electrons. The second kappa shape index (κ2) is 4.76. The van der Waals surface area contributed by atoms with E-state index in [1.807, 2.05) is 0 Å². The molecule has 0 bridgehead atoms. The Hall–Kier alpha value is -1.91. The Labute approximate surface area is 105 Å². The van der Waals surface area contributed by atoms with Gasteiger partial charge in [-0.15, -0.1) is 6.42 Å². The molecule has 0 spiro atoms. The van der Waals surface area contributed by atoms with Crippen molar-refractivity contribution >= 4 is 15.7 Å². The lowest BCUT2D eigenvalue weighted by atomic mass is 10.1. The number of rotatable bonds is 4. The quantitative estimate of drug-likeness (QED) is 0.506. The normalized spacial score (nSPS) is 11.8. The van der Waals surface area contributed by atoms with Crippen LogP contribution in [0.25, 0.3) is 0 Å². The maximum absolute atomic E-state index is 12.0. The minimum atomic E-state index is -4.04. The standard InChI is InChI=1S/C11H12N2O4S/c1-4-11(2,3)12-18(16,17)10-8-6-5-7-9(10)13(14)15/h1,5-8,12H,2-3H3.